The number of para-hydroxylation sites is 1. The summed E-state index contributed by atoms with van der Waals surface area (Å²) < 4.78 is 4.76. The molecule has 0 aliphatic carbocycles. The summed E-state index contributed by atoms with van der Waals surface area (Å²) in [5.41, 5.74) is 5.19. The average Bonchev–Trinajstić information content (AvgIpc) is 3.25. The van der Waals surface area contributed by atoms with Gasteiger partial charge in [-0.25, -0.2) is 9.59 Å². The summed E-state index contributed by atoms with van der Waals surface area (Å²) in [4.78, 5) is 39.2. The van der Waals surface area contributed by atoms with Crippen molar-refractivity contribution < 1.29 is 19.1 Å². The number of benzene rings is 3. The minimum atomic E-state index is -0.525. The SMILES string of the molecule is COC(=O)c1ccccc1NC(=O)NCc1ccc2c(c1)N(C(=O)c1cccc(C)c1)CC2. The maximum absolute atomic E-state index is 13.1. The number of carbonyl (C=O) groups is 3. The van der Waals surface area contributed by atoms with Crippen molar-refractivity contribution in [3.8, 4) is 0 Å². The molecule has 0 saturated carbocycles. The molecule has 0 unspecified atom stereocenters. The second-order valence-electron chi connectivity index (χ2n) is 7.88. The van der Waals surface area contributed by atoms with Crippen LogP contribution in [0.25, 0.3) is 0 Å². The summed E-state index contributed by atoms with van der Waals surface area (Å²) in [7, 11) is 1.29. The first kappa shape index (κ1) is 22.1. The van der Waals surface area contributed by atoms with Crippen LogP contribution in [-0.2, 0) is 17.7 Å². The lowest BCUT2D eigenvalue weighted by atomic mass is 10.1. The molecule has 1 aliphatic heterocycles. The molecule has 2 N–H and O–H groups in total. The molecule has 4 rings (SSSR count). The summed E-state index contributed by atoms with van der Waals surface area (Å²) in [6.07, 6.45) is 0.797. The van der Waals surface area contributed by atoms with Crippen molar-refractivity contribution in [1.82, 2.24) is 5.32 Å². The number of esters is 1. The molecule has 3 aromatic rings. The smallest absolute Gasteiger partial charge is 0.339 e. The monoisotopic (exact) mass is 443 g/mol. The average molecular weight is 444 g/mol. The number of hydrogen-bond acceptors (Lipinski definition) is 4. The number of fused-ring (bicyclic) bond motifs is 1. The molecule has 0 fully saturated rings. The van der Waals surface area contributed by atoms with Gasteiger partial charge >= 0.3 is 12.0 Å². The van der Waals surface area contributed by atoms with Gasteiger partial charge in [0.2, 0.25) is 0 Å². The van der Waals surface area contributed by atoms with E-state index in [1.165, 1.54) is 7.11 Å². The van der Waals surface area contributed by atoms with E-state index < -0.39 is 12.0 Å². The number of urea groups is 1. The maximum atomic E-state index is 13.1. The van der Waals surface area contributed by atoms with Crippen molar-refractivity contribution in [2.45, 2.75) is 19.9 Å². The van der Waals surface area contributed by atoms with Crippen LogP contribution in [0.3, 0.4) is 0 Å². The predicted molar refractivity (Wildman–Crippen MR) is 127 cm³/mol. The van der Waals surface area contributed by atoms with E-state index in [0.29, 0.717) is 17.8 Å². The molecular weight excluding hydrogens is 418 g/mol. The van der Waals surface area contributed by atoms with Crippen LogP contribution >= 0.6 is 0 Å². The van der Waals surface area contributed by atoms with Crippen molar-refractivity contribution >= 4 is 29.3 Å². The predicted octanol–water partition coefficient (Wildman–Crippen LogP) is 4.31. The first-order valence-electron chi connectivity index (χ1n) is 10.7. The number of nitrogens with one attached hydrogen (secondary N) is 2. The van der Waals surface area contributed by atoms with Crippen LogP contribution in [0.1, 0.15) is 37.4 Å². The van der Waals surface area contributed by atoms with Crippen molar-refractivity contribution in [3.63, 3.8) is 0 Å². The number of hydrogen-bond donors (Lipinski definition) is 2. The Hall–Kier alpha value is -4.13. The minimum absolute atomic E-state index is 0.0280. The number of aryl methyl sites for hydroxylation is 1. The highest BCUT2D eigenvalue weighted by molar-refractivity contribution is 6.07. The molecule has 0 atom stereocenters. The summed E-state index contributed by atoms with van der Waals surface area (Å²) in [6, 6.07) is 19.7. The van der Waals surface area contributed by atoms with Gasteiger partial charge in [0.15, 0.2) is 0 Å². The Bertz CT molecular complexity index is 1220. The summed E-state index contributed by atoms with van der Waals surface area (Å²) in [6.45, 7) is 2.86. The first-order valence-corrected chi connectivity index (χ1v) is 10.7. The normalized spacial score (nSPS) is 12.1. The standard InChI is InChI=1S/C26H25N3O4/c1-17-6-5-7-20(14-17)24(30)29-13-12-19-11-10-18(15-23(19)29)16-27-26(32)28-22-9-4-3-8-21(22)25(31)33-2/h3-11,14-15H,12-13,16H2,1-2H3,(H2,27,28,32). The van der Waals surface area contributed by atoms with Gasteiger partial charge in [-0.2, -0.15) is 0 Å². The van der Waals surface area contributed by atoms with E-state index in [1.54, 1.807) is 29.2 Å². The Balaban J connectivity index is 1.44. The molecule has 1 heterocycles. The lowest BCUT2D eigenvalue weighted by molar-refractivity contribution is 0.0601. The van der Waals surface area contributed by atoms with Crippen molar-refractivity contribution in [3.05, 3.63) is 94.5 Å². The topological polar surface area (TPSA) is 87.7 Å². The zero-order valence-electron chi connectivity index (χ0n) is 18.6. The van der Waals surface area contributed by atoms with Crippen molar-refractivity contribution in [2.24, 2.45) is 0 Å². The molecule has 0 radical (unpaired) electrons. The molecule has 0 saturated heterocycles. The van der Waals surface area contributed by atoms with Crippen LogP contribution in [0.4, 0.5) is 16.2 Å². The van der Waals surface area contributed by atoms with Crippen LogP contribution in [0.5, 0.6) is 0 Å². The van der Waals surface area contributed by atoms with Crippen LogP contribution in [0, 0.1) is 6.92 Å². The summed E-state index contributed by atoms with van der Waals surface area (Å²) >= 11 is 0. The highest BCUT2D eigenvalue weighted by Gasteiger charge is 2.26. The number of rotatable bonds is 5. The van der Waals surface area contributed by atoms with Gasteiger partial charge in [-0.3, -0.25) is 4.79 Å². The molecule has 1 aliphatic rings. The quantitative estimate of drug-likeness (QED) is 0.576. The highest BCUT2D eigenvalue weighted by atomic mass is 16.5. The third-order valence-electron chi connectivity index (χ3n) is 5.59. The van der Waals surface area contributed by atoms with E-state index >= 15 is 0 Å². The molecule has 0 bridgehead atoms. The van der Waals surface area contributed by atoms with Crippen molar-refractivity contribution in [2.75, 3.05) is 23.9 Å². The van der Waals surface area contributed by atoms with Crippen LogP contribution in [0.2, 0.25) is 0 Å². The Morgan fingerprint density at radius 1 is 1.00 bits per heavy atom. The van der Waals surface area contributed by atoms with Crippen LogP contribution in [-0.4, -0.2) is 31.6 Å². The third-order valence-corrected chi connectivity index (χ3v) is 5.59. The second-order valence-corrected chi connectivity index (χ2v) is 7.88. The lowest BCUT2D eigenvalue weighted by Crippen LogP contribution is -2.30. The summed E-state index contributed by atoms with van der Waals surface area (Å²) in [5, 5.41) is 5.49. The molecule has 0 aromatic heterocycles. The van der Waals surface area contributed by atoms with Crippen molar-refractivity contribution in [1.29, 1.82) is 0 Å². The summed E-state index contributed by atoms with van der Waals surface area (Å²) in [5.74, 6) is -0.553. The largest absolute Gasteiger partial charge is 0.465 e. The number of carbonyl (C=O) groups excluding carboxylic acids is 3. The van der Waals surface area contributed by atoms with Gasteiger partial charge in [0.05, 0.1) is 18.4 Å². The number of ether oxygens (including phenoxy) is 1. The van der Waals surface area contributed by atoms with Gasteiger partial charge in [-0.05, 0) is 54.8 Å². The number of anilines is 2. The minimum Gasteiger partial charge on any atom is -0.465 e. The van der Waals surface area contributed by atoms with Gasteiger partial charge in [0, 0.05) is 24.3 Å². The van der Waals surface area contributed by atoms with Crippen LogP contribution in [0.15, 0.2) is 66.7 Å². The van der Waals surface area contributed by atoms with E-state index in [4.69, 9.17) is 4.74 Å². The van der Waals surface area contributed by atoms with Gasteiger partial charge < -0.3 is 20.3 Å². The Kier molecular flexibility index (Phi) is 6.40. The Morgan fingerprint density at radius 3 is 2.61 bits per heavy atom. The number of amides is 3. The maximum Gasteiger partial charge on any atom is 0.339 e. The van der Waals surface area contributed by atoms with E-state index in [2.05, 4.69) is 10.6 Å². The van der Waals surface area contributed by atoms with E-state index in [0.717, 1.165) is 28.8 Å². The fourth-order valence-electron chi connectivity index (χ4n) is 3.91. The third kappa shape index (κ3) is 4.87. The Morgan fingerprint density at radius 2 is 1.82 bits per heavy atom. The molecule has 3 amide bonds. The molecule has 33 heavy (non-hydrogen) atoms. The van der Waals surface area contributed by atoms with E-state index in [9.17, 15) is 14.4 Å². The van der Waals surface area contributed by atoms with E-state index in [1.807, 2.05) is 49.4 Å². The van der Waals surface area contributed by atoms with E-state index in [-0.39, 0.29) is 18.0 Å². The van der Waals surface area contributed by atoms with Gasteiger partial charge in [-0.1, -0.05) is 42.0 Å². The van der Waals surface area contributed by atoms with Gasteiger partial charge in [-0.15, -0.1) is 0 Å². The van der Waals surface area contributed by atoms with Gasteiger partial charge in [0.25, 0.3) is 5.91 Å². The second kappa shape index (κ2) is 9.56. The molecule has 7 nitrogen and oxygen atoms in total. The molecule has 3 aromatic carbocycles. The fraction of sp³-hybridized carbons (Fsp3) is 0.192. The highest BCUT2D eigenvalue weighted by Crippen LogP contribution is 2.30. The number of nitrogens with zero attached hydrogens (tertiary/aromatic N) is 1. The number of methoxy groups -OCH3 is 1. The molecular formula is C26H25N3O4. The van der Waals surface area contributed by atoms with Gasteiger partial charge in [0.1, 0.15) is 0 Å². The van der Waals surface area contributed by atoms with Crippen LogP contribution < -0.4 is 15.5 Å². The molecule has 7 heteroatoms. The molecule has 168 valence electrons. The fourth-order valence-corrected chi connectivity index (χ4v) is 3.91. The zero-order chi connectivity index (χ0) is 23.4. The Labute approximate surface area is 192 Å². The first-order chi connectivity index (χ1) is 16.0. The lowest BCUT2D eigenvalue weighted by Gasteiger charge is -2.18. The zero-order valence-corrected chi connectivity index (χ0v) is 18.6. The molecule has 0 spiro atoms.